The number of pyridine rings is 1. The van der Waals surface area contributed by atoms with Crippen LogP contribution in [0.3, 0.4) is 0 Å². The van der Waals surface area contributed by atoms with Crippen LogP contribution in [-0.2, 0) is 0 Å². The largest absolute Gasteiger partial charge is 0.396 e. The van der Waals surface area contributed by atoms with Crippen molar-refractivity contribution in [3.8, 4) is 17.2 Å². The van der Waals surface area contributed by atoms with Gasteiger partial charge in [0.05, 0.1) is 28.5 Å². The van der Waals surface area contributed by atoms with Gasteiger partial charge in [-0.15, -0.1) is 0 Å². The first-order valence-electron chi connectivity index (χ1n) is 6.45. The molecule has 21 heavy (non-hydrogen) atoms. The molecule has 4 nitrogen and oxygen atoms in total. The van der Waals surface area contributed by atoms with Gasteiger partial charge in [0.1, 0.15) is 0 Å². The molecule has 0 unspecified atom stereocenters. The van der Waals surface area contributed by atoms with Crippen LogP contribution in [-0.4, -0.2) is 9.97 Å². The standard InChI is InChI=1S/C16H13ClN4/c1-8-3-14-11(4-10(8)5-18)15(9(2)21-14)12-6-20-7-13(19)16(12)17/h3-4,6-7,21H,19H2,1-2H3. The number of aryl methyl sites for hydroxylation is 2. The molecule has 3 N–H and O–H groups in total. The predicted molar refractivity (Wildman–Crippen MR) is 85.1 cm³/mol. The fourth-order valence-electron chi connectivity index (χ4n) is 2.59. The molecule has 1 aromatic carbocycles. The highest BCUT2D eigenvalue weighted by Crippen LogP contribution is 2.38. The summed E-state index contributed by atoms with van der Waals surface area (Å²) in [4.78, 5) is 7.45. The molecular weight excluding hydrogens is 284 g/mol. The molecule has 2 heterocycles. The summed E-state index contributed by atoms with van der Waals surface area (Å²) in [5, 5.41) is 10.7. The van der Waals surface area contributed by atoms with E-state index < -0.39 is 0 Å². The summed E-state index contributed by atoms with van der Waals surface area (Å²) in [7, 11) is 0. The van der Waals surface area contributed by atoms with Crippen molar-refractivity contribution < 1.29 is 0 Å². The molecule has 0 aliphatic heterocycles. The average molecular weight is 297 g/mol. The number of aromatic amines is 1. The number of nitrogen functional groups attached to an aromatic ring is 1. The Bertz CT molecular complexity index is 903. The van der Waals surface area contributed by atoms with Crippen LogP contribution in [0.2, 0.25) is 5.02 Å². The second-order valence-corrected chi connectivity index (χ2v) is 5.42. The number of H-pyrrole nitrogens is 1. The van der Waals surface area contributed by atoms with Crippen molar-refractivity contribution in [3.63, 3.8) is 0 Å². The van der Waals surface area contributed by atoms with Gasteiger partial charge in [-0.2, -0.15) is 5.26 Å². The predicted octanol–water partition coefficient (Wildman–Crippen LogP) is 3.95. The first-order chi connectivity index (χ1) is 10.0. The van der Waals surface area contributed by atoms with E-state index in [9.17, 15) is 5.26 Å². The number of halogens is 1. The first-order valence-corrected chi connectivity index (χ1v) is 6.83. The van der Waals surface area contributed by atoms with Gasteiger partial charge in [0.25, 0.3) is 0 Å². The van der Waals surface area contributed by atoms with Crippen molar-refractivity contribution in [1.82, 2.24) is 9.97 Å². The molecular formula is C16H13ClN4. The number of rotatable bonds is 1. The third-order valence-electron chi connectivity index (χ3n) is 3.63. The van der Waals surface area contributed by atoms with E-state index in [1.54, 1.807) is 6.20 Å². The topological polar surface area (TPSA) is 78.5 Å². The summed E-state index contributed by atoms with van der Waals surface area (Å²) in [6.07, 6.45) is 3.22. The van der Waals surface area contributed by atoms with E-state index in [4.69, 9.17) is 17.3 Å². The minimum absolute atomic E-state index is 0.440. The first kappa shape index (κ1) is 13.5. The lowest BCUT2D eigenvalue weighted by atomic mass is 10.00. The lowest BCUT2D eigenvalue weighted by Crippen LogP contribution is -1.91. The molecule has 0 bridgehead atoms. The fourth-order valence-corrected chi connectivity index (χ4v) is 2.78. The molecule has 2 aromatic heterocycles. The van der Waals surface area contributed by atoms with Crippen molar-refractivity contribution in [1.29, 1.82) is 5.26 Å². The quantitative estimate of drug-likeness (QED) is 0.713. The molecule has 0 aliphatic rings. The number of aromatic nitrogens is 2. The Hall–Kier alpha value is -2.51. The van der Waals surface area contributed by atoms with Crippen LogP contribution in [0, 0.1) is 25.2 Å². The van der Waals surface area contributed by atoms with E-state index in [0.29, 0.717) is 16.3 Å². The molecule has 0 atom stereocenters. The molecule has 0 amide bonds. The maximum absolute atomic E-state index is 9.23. The Balaban J connectivity index is 2.40. The van der Waals surface area contributed by atoms with E-state index in [-0.39, 0.29) is 0 Å². The van der Waals surface area contributed by atoms with Crippen molar-refractivity contribution in [3.05, 3.63) is 46.4 Å². The smallest absolute Gasteiger partial charge is 0.0994 e. The van der Waals surface area contributed by atoms with Crippen molar-refractivity contribution in [2.75, 3.05) is 5.73 Å². The molecule has 3 rings (SSSR count). The van der Waals surface area contributed by atoms with Crippen LogP contribution in [0.4, 0.5) is 5.69 Å². The van der Waals surface area contributed by atoms with Crippen LogP contribution in [0.1, 0.15) is 16.8 Å². The van der Waals surface area contributed by atoms with Gasteiger partial charge in [-0.25, -0.2) is 0 Å². The fraction of sp³-hybridized carbons (Fsp3) is 0.125. The Kier molecular flexibility index (Phi) is 3.08. The van der Waals surface area contributed by atoms with Gasteiger partial charge >= 0.3 is 0 Å². The molecule has 0 spiro atoms. The summed E-state index contributed by atoms with van der Waals surface area (Å²) in [5.41, 5.74) is 11.5. The monoisotopic (exact) mass is 296 g/mol. The lowest BCUT2D eigenvalue weighted by molar-refractivity contribution is 1.28. The maximum atomic E-state index is 9.23. The zero-order valence-corrected chi connectivity index (χ0v) is 12.4. The molecule has 5 heteroatoms. The minimum atomic E-state index is 0.440. The molecule has 0 saturated heterocycles. The summed E-state index contributed by atoms with van der Waals surface area (Å²) < 4.78 is 0. The van der Waals surface area contributed by atoms with Crippen LogP contribution >= 0.6 is 11.6 Å². The average Bonchev–Trinajstić information content (AvgIpc) is 2.76. The van der Waals surface area contributed by atoms with Gasteiger partial charge in [-0.05, 0) is 31.5 Å². The number of hydrogen-bond acceptors (Lipinski definition) is 3. The van der Waals surface area contributed by atoms with Gasteiger partial charge in [-0.3, -0.25) is 4.98 Å². The molecule has 0 saturated carbocycles. The summed E-state index contributed by atoms with van der Waals surface area (Å²) in [6, 6.07) is 6.06. The number of nitrogens with two attached hydrogens (primary N) is 1. The number of hydrogen-bond donors (Lipinski definition) is 2. The second kappa shape index (κ2) is 4.80. The normalized spacial score (nSPS) is 10.8. The van der Waals surface area contributed by atoms with Crippen molar-refractivity contribution in [2.24, 2.45) is 0 Å². The van der Waals surface area contributed by atoms with Crippen LogP contribution in [0.25, 0.3) is 22.0 Å². The Morgan fingerprint density at radius 3 is 2.76 bits per heavy atom. The van der Waals surface area contributed by atoms with Crippen LogP contribution < -0.4 is 5.73 Å². The summed E-state index contributed by atoms with van der Waals surface area (Å²) >= 11 is 6.32. The molecule has 104 valence electrons. The minimum Gasteiger partial charge on any atom is -0.396 e. The van der Waals surface area contributed by atoms with E-state index in [1.165, 1.54) is 6.20 Å². The van der Waals surface area contributed by atoms with Gasteiger partial charge in [-0.1, -0.05) is 11.6 Å². The van der Waals surface area contributed by atoms with Crippen LogP contribution in [0.15, 0.2) is 24.5 Å². The molecule has 3 aromatic rings. The highest BCUT2D eigenvalue weighted by molar-refractivity contribution is 6.36. The number of nitriles is 1. The number of anilines is 1. The zero-order chi connectivity index (χ0) is 15.1. The zero-order valence-electron chi connectivity index (χ0n) is 11.7. The molecule has 0 radical (unpaired) electrons. The van der Waals surface area contributed by atoms with Gasteiger partial charge in [0.15, 0.2) is 0 Å². The van der Waals surface area contributed by atoms with Crippen molar-refractivity contribution in [2.45, 2.75) is 13.8 Å². The van der Waals surface area contributed by atoms with E-state index in [2.05, 4.69) is 16.0 Å². The van der Waals surface area contributed by atoms with E-state index >= 15 is 0 Å². The third kappa shape index (κ3) is 2.03. The number of benzene rings is 1. The Morgan fingerprint density at radius 2 is 2.05 bits per heavy atom. The number of nitrogens with one attached hydrogen (secondary N) is 1. The SMILES string of the molecule is Cc1cc2[nH]c(C)c(-c3cncc(N)c3Cl)c2cc1C#N. The Morgan fingerprint density at radius 1 is 1.29 bits per heavy atom. The lowest BCUT2D eigenvalue weighted by Gasteiger charge is -2.07. The molecule has 0 fully saturated rings. The van der Waals surface area contributed by atoms with Crippen LogP contribution in [0.5, 0.6) is 0 Å². The second-order valence-electron chi connectivity index (χ2n) is 5.04. The van der Waals surface area contributed by atoms with Gasteiger partial charge < -0.3 is 10.7 Å². The highest BCUT2D eigenvalue weighted by Gasteiger charge is 2.16. The van der Waals surface area contributed by atoms with E-state index in [0.717, 1.165) is 33.3 Å². The summed E-state index contributed by atoms with van der Waals surface area (Å²) in [6.45, 7) is 3.89. The third-order valence-corrected chi connectivity index (χ3v) is 4.05. The number of fused-ring (bicyclic) bond motifs is 1. The van der Waals surface area contributed by atoms with E-state index in [1.807, 2.05) is 26.0 Å². The molecule has 0 aliphatic carbocycles. The van der Waals surface area contributed by atoms with Crippen molar-refractivity contribution >= 4 is 28.2 Å². The highest BCUT2D eigenvalue weighted by atomic mass is 35.5. The van der Waals surface area contributed by atoms with Gasteiger partial charge in [0, 0.05) is 33.9 Å². The summed E-state index contributed by atoms with van der Waals surface area (Å²) in [5.74, 6) is 0. The Labute approximate surface area is 127 Å². The number of nitrogens with zero attached hydrogens (tertiary/aromatic N) is 2. The maximum Gasteiger partial charge on any atom is 0.0994 e. The van der Waals surface area contributed by atoms with Gasteiger partial charge in [0.2, 0.25) is 0 Å².